The van der Waals surface area contributed by atoms with Crippen LogP contribution in [0.2, 0.25) is 0 Å². The minimum atomic E-state index is -0.482. The summed E-state index contributed by atoms with van der Waals surface area (Å²) in [6.45, 7) is 3.33. The van der Waals surface area contributed by atoms with Crippen molar-refractivity contribution in [3.8, 4) is 5.82 Å². The van der Waals surface area contributed by atoms with E-state index in [9.17, 15) is 10.1 Å². The van der Waals surface area contributed by atoms with Gasteiger partial charge in [0.05, 0.1) is 4.92 Å². The van der Waals surface area contributed by atoms with E-state index in [1.165, 1.54) is 6.33 Å². The molecule has 0 unspecified atom stereocenters. The zero-order valence-corrected chi connectivity index (χ0v) is 8.78. The Labute approximate surface area is 90.9 Å². The minimum absolute atomic E-state index is 0.0939. The fourth-order valence-electron chi connectivity index (χ4n) is 1.45. The van der Waals surface area contributed by atoms with Crippen molar-refractivity contribution in [3.05, 3.63) is 40.4 Å². The maximum Gasteiger partial charge on any atom is 0.333 e. The summed E-state index contributed by atoms with van der Waals surface area (Å²) in [6.07, 6.45) is 4.50. The molecule has 0 aliphatic rings. The average Bonchev–Trinajstić information content (AvgIpc) is 2.63. The number of nitro groups is 1. The maximum atomic E-state index is 10.9. The third-order valence-corrected chi connectivity index (χ3v) is 2.22. The van der Waals surface area contributed by atoms with Crippen LogP contribution in [-0.2, 0) is 0 Å². The Morgan fingerprint density at radius 2 is 2.06 bits per heavy atom. The number of aryl methyl sites for hydroxylation is 2. The molecule has 0 saturated heterocycles. The molecule has 0 aliphatic heterocycles. The van der Waals surface area contributed by atoms with E-state index in [4.69, 9.17) is 0 Å². The molecule has 0 bridgehead atoms. The molecule has 7 heteroatoms. The molecule has 16 heavy (non-hydrogen) atoms. The summed E-state index contributed by atoms with van der Waals surface area (Å²) in [6, 6.07) is 0. The Bertz CT molecular complexity index is 549. The van der Waals surface area contributed by atoms with Gasteiger partial charge in [-0.2, -0.15) is 0 Å². The Morgan fingerprint density at radius 1 is 1.31 bits per heavy atom. The molecule has 0 radical (unpaired) electrons. The molecule has 0 spiro atoms. The van der Waals surface area contributed by atoms with Gasteiger partial charge in [0, 0.05) is 12.4 Å². The van der Waals surface area contributed by atoms with Crippen LogP contribution >= 0.6 is 0 Å². The summed E-state index contributed by atoms with van der Waals surface area (Å²) in [5.41, 5.74) is 0.242. The van der Waals surface area contributed by atoms with Crippen LogP contribution in [0, 0.1) is 24.0 Å². The summed E-state index contributed by atoms with van der Waals surface area (Å²) >= 11 is 0. The van der Waals surface area contributed by atoms with Gasteiger partial charge in [0.25, 0.3) is 0 Å². The SMILES string of the molecule is Cc1ncnc(-n2ccnc2C)c1[N+](=O)[O-]. The van der Waals surface area contributed by atoms with E-state index < -0.39 is 4.92 Å². The Hall–Kier alpha value is -2.31. The van der Waals surface area contributed by atoms with Crippen LogP contribution in [0.15, 0.2) is 18.7 Å². The van der Waals surface area contributed by atoms with Gasteiger partial charge in [-0.3, -0.25) is 14.7 Å². The number of hydrogen-bond donors (Lipinski definition) is 0. The summed E-state index contributed by atoms with van der Waals surface area (Å²) in [4.78, 5) is 22.2. The number of imidazole rings is 1. The molecule has 2 aromatic rings. The fraction of sp³-hybridized carbons (Fsp3) is 0.222. The van der Waals surface area contributed by atoms with Gasteiger partial charge >= 0.3 is 5.69 Å². The van der Waals surface area contributed by atoms with E-state index in [2.05, 4.69) is 15.0 Å². The first-order valence-corrected chi connectivity index (χ1v) is 4.57. The zero-order valence-electron chi connectivity index (χ0n) is 8.78. The molecule has 0 N–H and O–H groups in total. The predicted molar refractivity (Wildman–Crippen MR) is 55.3 cm³/mol. The largest absolute Gasteiger partial charge is 0.333 e. The second-order valence-electron chi connectivity index (χ2n) is 3.23. The molecule has 0 atom stereocenters. The summed E-state index contributed by atoms with van der Waals surface area (Å²) in [7, 11) is 0. The van der Waals surface area contributed by atoms with Gasteiger partial charge < -0.3 is 0 Å². The first-order valence-electron chi connectivity index (χ1n) is 4.57. The highest BCUT2D eigenvalue weighted by atomic mass is 16.6. The highest BCUT2D eigenvalue weighted by molar-refractivity contribution is 5.49. The zero-order chi connectivity index (χ0) is 11.7. The van der Waals surface area contributed by atoms with Gasteiger partial charge in [0.2, 0.25) is 5.82 Å². The van der Waals surface area contributed by atoms with Crippen LogP contribution in [0.3, 0.4) is 0 Å². The molecule has 0 fully saturated rings. The topological polar surface area (TPSA) is 86.7 Å². The molecule has 0 amide bonds. The summed E-state index contributed by atoms with van der Waals surface area (Å²) < 4.78 is 1.56. The quantitative estimate of drug-likeness (QED) is 0.559. The lowest BCUT2D eigenvalue weighted by molar-refractivity contribution is -0.385. The lowest BCUT2D eigenvalue weighted by Gasteiger charge is -2.05. The second-order valence-corrected chi connectivity index (χ2v) is 3.23. The van der Waals surface area contributed by atoms with Crippen molar-refractivity contribution in [2.24, 2.45) is 0 Å². The van der Waals surface area contributed by atoms with E-state index >= 15 is 0 Å². The summed E-state index contributed by atoms with van der Waals surface area (Å²) in [5, 5.41) is 10.9. The van der Waals surface area contributed by atoms with E-state index in [-0.39, 0.29) is 11.5 Å². The number of rotatable bonds is 2. The minimum Gasteiger partial charge on any atom is -0.282 e. The van der Waals surface area contributed by atoms with Gasteiger partial charge in [0.1, 0.15) is 17.8 Å². The van der Waals surface area contributed by atoms with Crippen molar-refractivity contribution in [1.29, 1.82) is 0 Å². The molecular formula is C9H9N5O2. The number of hydrogen-bond acceptors (Lipinski definition) is 5. The third kappa shape index (κ3) is 1.52. The van der Waals surface area contributed by atoms with Gasteiger partial charge in [0.15, 0.2) is 0 Å². The molecule has 2 rings (SSSR count). The first kappa shape index (κ1) is 10.2. The van der Waals surface area contributed by atoms with Gasteiger partial charge in [-0.15, -0.1) is 0 Å². The fourth-order valence-corrected chi connectivity index (χ4v) is 1.45. The molecule has 0 aromatic carbocycles. The standard InChI is InChI=1S/C9H9N5O2/c1-6-8(14(15)16)9(12-5-11-6)13-4-3-10-7(13)2/h3-5H,1-2H3. The Balaban J connectivity index is 2.70. The van der Waals surface area contributed by atoms with Crippen LogP contribution in [0.5, 0.6) is 0 Å². The van der Waals surface area contributed by atoms with Crippen LogP contribution in [-0.4, -0.2) is 24.4 Å². The second kappa shape index (κ2) is 3.69. The van der Waals surface area contributed by atoms with Crippen LogP contribution in [0.25, 0.3) is 5.82 Å². The molecule has 2 aromatic heterocycles. The highest BCUT2D eigenvalue weighted by Gasteiger charge is 2.21. The van der Waals surface area contributed by atoms with Crippen molar-refractivity contribution in [2.45, 2.75) is 13.8 Å². The van der Waals surface area contributed by atoms with Crippen LogP contribution in [0.1, 0.15) is 11.5 Å². The Kier molecular flexibility index (Phi) is 2.35. The first-order chi connectivity index (χ1) is 7.61. The van der Waals surface area contributed by atoms with Gasteiger partial charge in [-0.25, -0.2) is 15.0 Å². The van der Waals surface area contributed by atoms with Crippen LogP contribution < -0.4 is 0 Å². The van der Waals surface area contributed by atoms with E-state index in [0.717, 1.165) is 0 Å². The molecular weight excluding hydrogens is 210 g/mol. The van der Waals surface area contributed by atoms with Crippen molar-refractivity contribution < 1.29 is 4.92 Å². The lowest BCUT2D eigenvalue weighted by Crippen LogP contribution is -2.06. The number of nitrogens with zero attached hydrogens (tertiary/aromatic N) is 5. The normalized spacial score (nSPS) is 10.4. The molecule has 0 aliphatic carbocycles. The molecule has 82 valence electrons. The van der Waals surface area contributed by atoms with Crippen LogP contribution in [0.4, 0.5) is 5.69 Å². The number of aromatic nitrogens is 4. The third-order valence-electron chi connectivity index (χ3n) is 2.22. The average molecular weight is 219 g/mol. The van der Waals surface area contributed by atoms with E-state index in [0.29, 0.717) is 11.5 Å². The monoisotopic (exact) mass is 219 g/mol. The lowest BCUT2D eigenvalue weighted by atomic mass is 10.3. The molecule has 0 saturated carbocycles. The van der Waals surface area contributed by atoms with E-state index in [1.807, 2.05) is 0 Å². The predicted octanol–water partition coefficient (Wildman–Crippen LogP) is 1.19. The van der Waals surface area contributed by atoms with Crippen molar-refractivity contribution >= 4 is 5.69 Å². The molecule has 7 nitrogen and oxygen atoms in total. The van der Waals surface area contributed by atoms with Crippen molar-refractivity contribution in [1.82, 2.24) is 19.5 Å². The van der Waals surface area contributed by atoms with Crippen molar-refractivity contribution in [2.75, 3.05) is 0 Å². The Morgan fingerprint density at radius 3 is 2.62 bits per heavy atom. The van der Waals surface area contributed by atoms with Gasteiger partial charge in [-0.1, -0.05) is 0 Å². The van der Waals surface area contributed by atoms with Crippen molar-refractivity contribution in [3.63, 3.8) is 0 Å². The summed E-state index contributed by atoms with van der Waals surface area (Å²) in [5.74, 6) is 0.883. The van der Waals surface area contributed by atoms with E-state index in [1.54, 1.807) is 30.8 Å². The van der Waals surface area contributed by atoms with Gasteiger partial charge in [-0.05, 0) is 13.8 Å². The smallest absolute Gasteiger partial charge is 0.282 e. The highest BCUT2D eigenvalue weighted by Crippen LogP contribution is 2.23. The molecule has 2 heterocycles. The maximum absolute atomic E-state index is 10.9.